The van der Waals surface area contributed by atoms with Crippen molar-refractivity contribution in [1.82, 2.24) is 0 Å². The Kier molecular flexibility index (Phi) is 4.48. The fourth-order valence-electron chi connectivity index (χ4n) is 1.96. The highest BCUT2D eigenvalue weighted by Crippen LogP contribution is 2.30. The molecule has 0 aromatic heterocycles. The van der Waals surface area contributed by atoms with Gasteiger partial charge in [0.15, 0.2) is 0 Å². The quantitative estimate of drug-likeness (QED) is 0.752. The lowest BCUT2D eigenvalue weighted by atomic mass is 10.1. The van der Waals surface area contributed by atoms with Crippen molar-refractivity contribution in [3.63, 3.8) is 0 Å². The molecule has 2 aromatic carbocycles. The van der Waals surface area contributed by atoms with E-state index in [-0.39, 0.29) is 11.9 Å². The molecular weight excluding hydrogens is 329 g/mol. The minimum atomic E-state index is -0.237. The standard InChI is InChI=1S/C15H14BrClFN/c1-9-4-3-5-13(17)15(9)19-10(2)12-7-6-11(16)8-14(12)18/h3-8,10,19H,1-2H3. The molecule has 4 heteroatoms. The third-order valence-corrected chi connectivity index (χ3v) is 3.82. The van der Waals surface area contributed by atoms with E-state index in [9.17, 15) is 4.39 Å². The number of hydrogen-bond donors (Lipinski definition) is 1. The maximum atomic E-state index is 13.9. The van der Waals surface area contributed by atoms with Gasteiger partial charge < -0.3 is 5.32 Å². The number of para-hydroxylation sites is 1. The molecular formula is C15H14BrClFN. The fraction of sp³-hybridized carbons (Fsp3) is 0.200. The lowest BCUT2D eigenvalue weighted by Crippen LogP contribution is -2.10. The van der Waals surface area contributed by atoms with Crippen LogP contribution in [-0.2, 0) is 0 Å². The van der Waals surface area contributed by atoms with E-state index in [4.69, 9.17) is 11.6 Å². The molecule has 0 spiro atoms. The van der Waals surface area contributed by atoms with Gasteiger partial charge in [-0.2, -0.15) is 0 Å². The molecule has 0 aliphatic rings. The molecule has 0 saturated carbocycles. The van der Waals surface area contributed by atoms with Crippen molar-refractivity contribution in [3.05, 3.63) is 62.8 Å². The molecule has 19 heavy (non-hydrogen) atoms. The van der Waals surface area contributed by atoms with E-state index in [1.54, 1.807) is 6.07 Å². The van der Waals surface area contributed by atoms with Crippen LogP contribution >= 0.6 is 27.5 Å². The van der Waals surface area contributed by atoms with Gasteiger partial charge in [0.1, 0.15) is 5.82 Å². The fourth-order valence-corrected chi connectivity index (χ4v) is 2.57. The zero-order valence-corrected chi connectivity index (χ0v) is 13.0. The molecule has 0 saturated heterocycles. The molecule has 1 nitrogen and oxygen atoms in total. The van der Waals surface area contributed by atoms with Gasteiger partial charge in [-0.05, 0) is 37.6 Å². The van der Waals surface area contributed by atoms with Crippen LogP contribution in [0.3, 0.4) is 0 Å². The highest BCUT2D eigenvalue weighted by molar-refractivity contribution is 9.10. The predicted octanol–water partition coefficient (Wildman–Crippen LogP) is 5.72. The first-order chi connectivity index (χ1) is 8.99. The third kappa shape index (κ3) is 3.28. The highest BCUT2D eigenvalue weighted by Gasteiger charge is 2.13. The SMILES string of the molecule is Cc1cccc(Cl)c1NC(C)c1ccc(Br)cc1F. The van der Waals surface area contributed by atoms with E-state index in [2.05, 4.69) is 21.2 Å². The highest BCUT2D eigenvalue weighted by atomic mass is 79.9. The van der Waals surface area contributed by atoms with Crippen LogP contribution in [0.25, 0.3) is 0 Å². The van der Waals surface area contributed by atoms with Gasteiger partial charge in [-0.1, -0.05) is 45.7 Å². The summed E-state index contributed by atoms with van der Waals surface area (Å²) in [6.45, 7) is 3.88. The smallest absolute Gasteiger partial charge is 0.129 e. The Morgan fingerprint density at radius 3 is 2.63 bits per heavy atom. The van der Waals surface area contributed by atoms with E-state index in [1.807, 2.05) is 38.1 Å². The minimum absolute atomic E-state index is 0.160. The Hall–Kier alpha value is -1.06. The summed E-state index contributed by atoms with van der Waals surface area (Å²) >= 11 is 9.42. The maximum Gasteiger partial charge on any atom is 0.129 e. The summed E-state index contributed by atoms with van der Waals surface area (Å²) in [5.74, 6) is -0.237. The van der Waals surface area contributed by atoms with Gasteiger partial charge >= 0.3 is 0 Å². The lowest BCUT2D eigenvalue weighted by Gasteiger charge is -2.19. The van der Waals surface area contributed by atoms with Crippen molar-refractivity contribution in [2.75, 3.05) is 5.32 Å². The Morgan fingerprint density at radius 1 is 1.26 bits per heavy atom. The molecule has 2 aromatic rings. The summed E-state index contributed by atoms with van der Waals surface area (Å²) in [5, 5.41) is 3.91. The first kappa shape index (κ1) is 14.4. The summed E-state index contributed by atoms with van der Waals surface area (Å²) in [6.07, 6.45) is 0. The first-order valence-electron chi connectivity index (χ1n) is 5.95. The number of aryl methyl sites for hydroxylation is 1. The van der Waals surface area contributed by atoms with Crippen molar-refractivity contribution in [1.29, 1.82) is 0 Å². The van der Waals surface area contributed by atoms with Crippen LogP contribution in [0, 0.1) is 12.7 Å². The van der Waals surface area contributed by atoms with Crippen molar-refractivity contribution >= 4 is 33.2 Å². The zero-order chi connectivity index (χ0) is 14.0. The molecule has 0 aliphatic heterocycles. The molecule has 0 radical (unpaired) electrons. The van der Waals surface area contributed by atoms with Crippen LogP contribution in [0.5, 0.6) is 0 Å². The van der Waals surface area contributed by atoms with Crippen LogP contribution in [-0.4, -0.2) is 0 Å². The molecule has 0 heterocycles. The average Bonchev–Trinajstić information content (AvgIpc) is 2.33. The number of benzene rings is 2. The van der Waals surface area contributed by atoms with Crippen LogP contribution < -0.4 is 5.32 Å². The summed E-state index contributed by atoms with van der Waals surface area (Å²) in [4.78, 5) is 0. The monoisotopic (exact) mass is 341 g/mol. The zero-order valence-electron chi connectivity index (χ0n) is 10.7. The molecule has 1 unspecified atom stereocenters. The topological polar surface area (TPSA) is 12.0 Å². The Balaban J connectivity index is 2.28. The van der Waals surface area contributed by atoms with E-state index in [0.29, 0.717) is 10.6 Å². The molecule has 1 atom stereocenters. The van der Waals surface area contributed by atoms with Crippen LogP contribution in [0.4, 0.5) is 10.1 Å². The van der Waals surface area contributed by atoms with E-state index >= 15 is 0 Å². The third-order valence-electron chi connectivity index (χ3n) is 3.01. The van der Waals surface area contributed by atoms with Crippen molar-refractivity contribution in [3.8, 4) is 0 Å². The summed E-state index contributed by atoms with van der Waals surface area (Å²) in [7, 11) is 0. The van der Waals surface area contributed by atoms with Crippen molar-refractivity contribution < 1.29 is 4.39 Å². The van der Waals surface area contributed by atoms with Crippen molar-refractivity contribution in [2.24, 2.45) is 0 Å². The van der Waals surface area contributed by atoms with Gasteiger partial charge in [0.05, 0.1) is 16.8 Å². The number of halogens is 3. The summed E-state index contributed by atoms with van der Waals surface area (Å²) in [6, 6.07) is 10.6. The van der Waals surface area contributed by atoms with Crippen LogP contribution in [0.2, 0.25) is 5.02 Å². The molecule has 0 aliphatic carbocycles. The van der Waals surface area contributed by atoms with Gasteiger partial charge in [0, 0.05) is 10.0 Å². The minimum Gasteiger partial charge on any atom is -0.377 e. The van der Waals surface area contributed by atoms with Gasteiger partial charge in [0.25, 0.3) is 0 Å². The van der Waals surface area contributed by atoms with E-state index < -0.39 is 0 Å². The predicted molar refractivity (Wildman–Crippen MR) is 82.3 cm³/mol. The summed E-state index contributed by atoms with van der Waals surface area (Å²) < 4.78 is 14.6. The second-order valence-corrected chi connectivity index (χ2v) is 5.79. The molecule has 1 N–H and O–H groups in total. The van der Waals surface area contributed by atoms with Crippen LogP contribution in [0.15, 0.2) is 40.9 Å². The molecule has 2 rings (SSSR count). The lowest BCUT2D eigenvalue weighted by molar-refractivity contribution is 0.599. The Labute approximate surface area is 125 Å². The average molecular weight is 343 g/mol. The Bertz CT molecular complexity index is 580. The van der Waals surface area contributed by atoms with Gasteiger partial charge in [-0.25, -0.2) is 4.39 Å². The normalized spacial score (nSPS) is 12.3. The summed E-state index contributed by atoms with van der Waals surface area (Å²) in [5.41, 5.74) is 2.50. The molecule has 0 amide bonds. The number of hydrogen-bond acceptors (Lipinski definition) is 1. The number of nitrogens with one attached hydrogen (secondary N) is 1. The second kappa shape index (κ2) is 5.93. The van der Waals surface area contributed by atoms with Gasteiger partial charge in [-0.15, -0.1) is 0 Å². The largest absolute Gasteiger partial charge is 0.377 e. The molecule has 0 fully saturated rings. The molecule has 100 valence electrons. The van der Waals surface area contributed by atoms with Crippen LogP contribution in [0.1, 0.15) is 24.1 Å². The van der Waals surface area contributed by atoms with Gasteiger partial charge in [0.2, 0.25) is 0 Å². The second-order valence-electron chi connectivity index (χ2n) is 4.46. The van der Waals surface area contributed by atoms with E-state index in [0.717, 1.165) is 15.7 Å². The van der Waals surface area contributed by atoms with Crippen molar-refractivity contribution in [2.45, 2.75) is 19.9 Å². The first-order valence-corrected chi connectivity index (χ1v) is 7.12. The number of rotatable bonds is 3. The number of anilines is 1. The molecule has 0 bridgehead atoms. The van der Waals surface area contributed by atoms with E-state index in [1.165, 1.54) is 6.07 Å². The maximum absolute atomic E-state index is 13.9. The van der Waals surface area contributed by atoms with Gasteiger partial charge in [-0.3, -0.25) is 0 Å². The Morgan fingerprint density at radius 2 is 2.00 bits per heavy atom.